The number of nitrogens with two attached hydrogens (primary N) is 1. The summed E-state index contributed by atoms with van der Waals surface area (Å²) in [4.78, 5) is 22.9. The Morgan fingerprint density at radius 2 is 1.72 bits per heavy atom. The minimum absolute atomic E-state index is 0.250. The number of rotatable bonds is 6. The molecule has 0 fully saturated rings. The number of hydrogen-bond acceptors (Lipinski definition) is 4. The number of primary amides is 1. The highest BCUT2D eigenvalue weighted by Crippen LogP contribution is 2.18. The molecule has 0 saturated carbocycles. The Labute approximate surface area is 144 Å². The van der Waals surface area contributed by atoms with Crippen LogP contribution >= 0.6 is 0 Å². The number of nitrogens with one attached hydrogen (secondary N) is 1. The molecule has 2 aromatic carbocycles. The van der Waals surface area contributed by atoms with Gasteiger partial charge in [-0.2, -0.15) is 0 Å². The second-order valence-electron chi connectivity index (χ2n) is 5.31. The van der Waals surface area contributed by atoms with Crippen LogP contribution in [-0.4, -0.2) is 11.8 Å². The average Bonchev–Trinajstić information content (AvgIpc) is 3.16. The monoisotopic (exact) mass is 336 g/mol. The van der Waals surface area contributed by atoms with Gasteiger partial charge in [0.15, 0.2) is 5.76 Å². The highest BCUT2D eigenvalue weighted by atomic mass is 16.5. The SMILES string of the molecule is NC(=O)c1ccc(COc2ccc(NC(=O)c3ccco3)cc2)cc1. The number of amides is 2. The molecule has 0 aliphatic heterocycles. The van der Waals surface area contributed by atoms with Crippen molar-refractivity contribution >= 4 is 17.5 Å². The van der Waals surface area contributed by atoms with Gasteiger partial charge in [0.25, 0.3) is 5.91 Å². The zero-order valence-corrected chi connectivity index (χ0v) is 13.3. The third-order valence-corrected chi connectivity index (χ3v) is 3.50. The van der Waals surface area contributed by atoms with E-state index in [0.717, 1.165) is 5.56 Å². The Morgan fingerprint density at radius 1 is 1.00 bits per heavy atom. The lowest BCUT2D eigenvalue weighted by molar-refractivity contribution is 0.0990. The maximum atomic E-state index is 11.9. The van der Waals surface area contributed by atoms with Crippen molar-refractivity contribution < 1.29 is 18.7 Å². The van der Waals surface area contributed by atoms with Gasteiger partial charge in [-0.25, -0.2) is 0 Å². The lowest BCUT2D eigenvalue weighted by Gasteiger charge is -2.08. The molecule has 0 aliphatic rings. The zero-order chi connectivity index (χ0) is 17.6. The molecule has 2 amide bonds. The quantitative estimate of drug-likeness (QED) is 0.722. The molecule has 1 aromatic heterocycles. The van der Waals surface area contributed by atoms with Gasteiger partial charge in [0.2, 0.25) is 5.91 Å². The van der Waals surface area contributed by atoms with Crippen LogP contribution in [-0.2, 0) is 6.61 Å². The standard InChI is InChI=1S/C19H16N2O4/c20-18(22)14-5-3-13(4-6-14)12-25-16-9-7-15(8-10-16)21-19(23)17-2-1-11-24-17/h1-11H,12H2,(H2,20,22)(H,21,23). The fraction of sp³-hybridized carbons (Fsp3) is 0.0526. The Balaban J connectivity index is 1.55. The predicted molar refractivity (Wildman–Crippen MR) is 92.4 cm³/mol. The first-order valence-electron chi connectivity index (χ1n) is 7.58. The Bertz CT molecular complexity index is 853. The summed E-state index contributed by atoms with van der Waals surface area (Å²) in [6.07, 6.45) is 1.45. The molecule has 6 nitrogen and oxygen atoms in total. The minimum atomic E-state index is -0.459. The van der Waals surface area contributed by atoms with Crippen LogP contribution in [0.5, 0.6) is 5.75 Å². The molecule has 3 N–H and O–H groups in total. The van der Waals surface area contributed by atoms with E-state index < -0.39 is 5.91 Å². The first kappa shape index (κ1) is 16.3. The van der Waals surface area contributed by atoms with Crippen molar-refractivity contribution in [1.82, 2.24) is 0 Å². The summed E-state index contributed by atoms with van der Waals surface area (Å²) in [7, 11) is 0. The van der Waals surface area contributed by atoms with E-state index >= 15 is 0 Å². The third kappa shape index (κ3) is 4.26. The van der Waals surface area contributed by atoms with Crippen molar-refractivity contribution in [2.24, 2.45) is 5.73 Å². The van der Waals surface area contributed by atoms with E-state index in [1.807, 2.05) is 0 Å². The van der Waals surface area contributed by atoms with Crippen LogP contribution in [0, 0.1) is 0 Å². The summed E-state index contributed by atoms with van der Waals surface area (Å²) >= 11 is 0. The van der Waals surface area contributed by atoms with Gasteiger partial charge in [0.05, 0.1) is 6.26 Å². The number of benzene rings is 2. The van der Waals surface area contributed by atoms with E-state index in [1.165, 1.54) is 6.26 Å². The van der Waals surface area contributed by atoms with Crippen molar-refractivity contribution in [2.75, 3.05) is 5.32 Å². The molecule has 6 heteroatoms. The molecule has 126 valence electrons. The van der Waals surface area contributed by atoms with E-state index in [9.17, 15) is 9.59 Å². The second kappa shape index (κ2) is 7.35. The van der Waals surface area contributed by atoms with Gasteiger partial charge in [0, 0.05) is 11.3 Å². The van der Waals surface area contributed by atoms with Crippen LogP contribution in [0.25, 0.3) is 0 Å². The molecule has 0 unspecified atom stereocenters. The third-order valence-electron chi connectivity index (χ3n) is 3.50. The number of carbonyl (C=O) groups is 2. The highest BCUT2D eigenvalue weighted by molar-refractivity contribution is 6.02. The van der Waals surface area contributed by atoms with Gasteiger partial charge >= 0.3 is 0 Å². The minimum Gasteiger partial charge on any atom is -0.489 e. The topological polar surface area (TPSA) is 94.6 Å². The molecule has 0 saturated heterocycles. The average molecular weight is 336 g/mol. The Hall–Kier alpha value is -3.54. The first-order valence-corrected chi connectivity index (χ1v) is 7.58. The van der Waals surface area contributed by atoms with E-state index in [4.69, 9.17) is 14.9 Å². The first-order chi connectivity index (χ1) is 12.1. The van der Waals surface area contributed by atoms with E-state index in [2.05, 4.69) is 5.32 Å². The molecular formula is C19H16N2O4. The summed E-state index contributed by atoms with van der Waals surface area (Å²) < 4.78 is 10.7. The number of anilines is 1. The van der Waals surface area contributed by atoms with Crippen molar-refractivity contribution in [1.29, 1.82) is 0 Å². The molecule has 0 radical (unpaired) electrons. The van der Waals surface area contributed by atoms with E-state index in [1.54, 1.807) is 60.7 Å². The van der Waals surface area contributed by atoms with Crippen LogP contribution in [0.3, 0.4) is 0 Å². The van der Waals surface area contributed by atoms with Gasteiger partial charge in [-0.1, -0.05) is 12.1 Å². The number of ether oxygens (including phenoxy) is 1. The molecular weight excluding hydrogens is 320 g/mol. The molecule has 0 aliphatic carbocycles. The molecule has 1 heterocycles. The lowest BCUT2D eigenvalue weighted by atomic mass is 10.1. The van der Waals surface area contributed by atoms with E-state index in [0.29, 0.717) is 23.6 Å². The maximum absolute atomic E-state index is 11.9. The molecule has 0 atom stereocenters. The van der Waals surface area contributed by atoms with Crippen LogP contribution in [0.15, 0.2) is 71.3 Å². The smallest absolute Gasteiger partial charge is 0.291 e. The fourth-order valence-corrected chi connectivity index (χ4v) is 2.17. The summed E-state index contributed by atoms with van der Waals surface area (Å²) in [5.74, 6) is 0.141. The van der Waals surface area contributed by atoms with Gasteiger partial charge in [-0.3, -0.25) is 9.59 Å². The number of hydrogen-bond donors (Lipinski definition) is 2. The predicted octanol–water partition coefficient (Wildman–Crippen LogP) is 3.21. The van der Waals surface area contributed by atoms with Crippen LogP contribution < -0.4 is 15.8 Å². The molecule has 3 aromatic rings. The Morgan fingerprint density at radius 3 is 2.32 bits per heavy atom. The fourth-order valence-electron chi connectivity index (χ4n) is 2.17. The van der Waals surface area contributed by atoms with Crippen molar-refractivity contribution in [2.45, 2.75) is 6.61 Å². The maximum Gasteiger partial charge on any atom is 0.291 e. The number of carbonyl (C=O) groups excluding carboxylic acids is 2. The molecule has 0 spiro atoms. The van der Waals surface area contributed by atoms with Gasteiger partial charge in [-0.15, -0.1) is 0 Å². The summed E-state index contributed by atoms with van der Waals surface area (Å²) in [5.41, 5.74) is 7.22. The summed E-state index contributed by atoms with van der Waals surface area (Å²) in [6, 6.07) is 17.2. The van der Waals surface area contributed by atoms with Crippen LogP contribution in [0.1, 0.15) is 26.5 Å². The second-order valence-corrected chi connectivity index (χ2v) is 5.31. The molecule has 3 rings (SSSR count). The van der Waals surface area contributed by atoms with Crippen LogP contribution in [0.4, 0.5) is 5.69 Å². The van der Waals surface area contributed by atoms with Crippen molar-refractivity contribution in [3.8, 4) is 5.75 Å². The highest BCUT2D eigenvalue weighted by Gasteiger charge is 2.08. The molecule has 0 bridgehead atoms. The summed E-state index contributed by atoms with van der Waals surface area (Å²) in [5, 5.41) is 2.73. The lowest BCUT2D eigenvalue weighted by Crippen LogP contribution is -2.10. The van der Waals surface area contributed by atoms with Crippen molar-refractivity contribution in [3.05, 3.63) is 83.8 Å². The zero-order valence-electron chi connectivity index (χ0n) is 13.3. The molecule has 25 heavy (non-hydrogen) atoms. The van der Waals surface area contributed by atoms with Gasteiger partial charge < -0.3 is 20.2 Å². The summed E-state index contributed by atoms with van der Waals surface area (Å²) in [6.45, 7) is 0.358. The van der Waals surface area contributed by atoms with E-state index in [-0.39, 0.29) is 11.7 Å². The van der Waals surface area contributed by atoms with Crippen LogP contribution in [0.2, 0.25) is 0 Å². The number of furan rings is 1. The van der Waals surface area contributed by atoms with Gasteiger partial charge in [0.1, 0.15) is 12.4 Å². The normalized spacial score (nSPS) is 10.2. The van der Waals surface area contributed by atoms with Crippen molar-refractivity contribution in [3.63, 3.8) is 0 Å². The largest absolute Gasteiger partial charge is 0.489 e. The van der Waals surface area contributed by atoms with Gasteiger partial charge in [-0.05, 0) is 54.1 Å². The Kier molecular flexibility index (Phi) is 4.80.